The summed E-state index contributed by atoms with van der Waals surface area (Å²) in [6.45, 7) is 12.8. The van der Waals surface area contributed by atoms with E-state index in [4.69, 9.17) is 14.7 Å². The number of ether oxygens (including phenoxy) is 1. The minimum Gasteiger partial charge on any atom is -0.459 e. The highest BCUT2D eigenvalue weighted by Gasteiger charge is 2.34. The molecule has 0 fully saturated rings. The number of benzene rings is 1. The SMILES string of the molecule is CCc1cnc(N(CCc2csc(SC(C)(C)C(=O)OC(C)(C)C)n2)Cc2ccc(-c3ccccc3)nc2)nc1. The van der Waals surface area contributed by atoms with Crippen LogP contribution in [0.2, 0.25) is 0 Å². The van der Waals surface area contributed by atoms with E-state index in [1.165, 1.54) is 11.8 Å². The Hall–Kier alpha value is -3.30. The zero-order chi connectivity index (χ0) is 28.8. The Labute approximate surface area is 245 Å². The van der Waals surface area contributed by atoms with E-state index in [0.717, 1.165) is 45.3 Å². The second-order valence-electron chi connectivity index (χ2n) is 11.1. The van der Waals surface area contributed by atoms with Crippen LogP contribution in [0.15, 0.2) is 70.8 Å². The third-order valence-corrected chi connectivity index (χ3v) is 8.22. The first-order valence-electron chi connectivity index (χ1n) is 13.5. The Bertz CT molecular complexity index is 1380. The number of anilines is 1. The highest BCUT2D eigenvalue weighted by Crippen LogP contribution is 2.36. The average molecular weight is 576 g/mol. The molecule has 0 saturated heterocycles. The molecule has 9 heteroatoms. The van der Waals surface area contributed by atoms with Crippen LogP contribution in [0, 0.1) is 0 Å². The average Bonchev–Trinajstić information content (AvgIpc) is 3.37. The Morgan fingerprint density at radius 1 is 0.950 bits per heavy atom. The number of hydrogen-bond donors (Lipinski definition) is 0. The minimum atomic E-state index is -0.734. The molecule has 40 heavy (non-hydrogen) atoms. The molecule has 4 aromatic rings. The molecule has 0 aliphatic heterocycles. The van der Waals surface area contributed by atoms with Gasteiger partial charge in [0, 0.05) is 49.0 Å². The molecule has 0 spiro atoms. The number of carbonyl (C=O) groups is 1. The monoisotopic (exact) mass is 575 g/mol. The lowest BCUT2D eigenvalue weighted by atomic mass is 10.1. The van der Waals surface area contributed by atoms with Crippen molar-refractivity contribution in [3.63, 3.8) is 0 Å². The van der Waals surface area contributed by atoms with Crippen LogP contribution in [0.3, 0.4) is 0 Å². The summed E-state index contributed by atoms with van der Waals surface area (Å²) in [5.41, 5.74) is 4.67. The van der Waals surface area contributed by atoms with Crippen LogP contribution in [0.5, 0.6) is 0 Å². The maximum atomic E-state index is 12.7. The van der Waals surface area contributed by atoms with Gasteiger partial charge in [0.05, 0.1) is 11.4 Å². The van der Waals surface area contributed by atoms with Gasteiger partial charge < -0.3 is 9.64 Å². The van der Waals surface area contributed by atoms with Crippen molar-refractivity contribution < 1.29 is 9.53 Å². The molecule has 0 aliphatic rings. The molecule has 3 heterocycles. The maximum absolute atomic E-state index is 12.7. The molecular weight excluding hydrogens is 539 g/mol. The molecule has 210 valence electrons. The third-order valence-electron chi connectivity index (χ3n) is 6.05. The third kappa shape index (κ3) is 8.35. The largest absolute Gasteiger partial charge is 0.459 e. The number of pyridine rings is 1. The summed E-state index contributed by atoms with van der Waals surface area (Å²) in [7, 11) is 0. The number of hydrogen-bond acceptors (Lipinski definition) is 9. The van der Waals surface area contributed by atoms with Crippen LogP contribution in [-0.4, -0.2) is 42.8 Å². The standard InChI is InChI=1S/C31H37N5O2S2/c1-7-22-17-33-28(34-18-22)36(20-23-13-14-26(32-19-23)24-11-9-8-10-12-24)16-15-25-21-39-29(35-25)40-31(5,6)27(37)38-30(2,3)4/h8-14,17-19,21H,7,15-16,20H2,1-6H3. The number of carbonyl (C=O) groups excluding carboxylic acids is 1. The first kappa shape index (κ1) is 29.7. The van der Waals surface area contributed by atoms with Crippen molar-refractivity contribution >= 4 is 35.0 Å². The number of thiazole rings is 1. The van der Waals surface area contributed by atoms with Crippen LogP contribution in [0.25, 0.3) is 11.3 Å². The Balaban J connectivity index is 1.45. The van der Waals surface area contributed by atoms with E-state index in [0.29, 0.717) is 19.0 Å². The molecule has 0 bridgehead atoms. The van der Waals surface area contributed by atoms with Crippen LogP contribution in [0.4, 0.5) is 5.95 Å². The number of aryl methyl sites for hydroxylation is 1. The highest BCUT2D eigenvalue weighted by molar-refractivity contribution is 8.03. The predicted octanol–water partition coefficient (Wildman–Crippen LogP) is 7.02. The van der Waals surface area contributed by atoms with Gasteiger partial charge >= 0.3 is 5.97 Å². The highest BCUT2D eigenvalue weighted by atomic mass is 32.2. The van der Waals surface area contributed by atoms with Gasteiger partial charge in [-0.25, -0.2) is 15.0 Å². The fraction of sp³-hybridized carbons (Fsp3) is 0.387. The van der Waals surface area contributed by atoms with Gasteiger partial charge in [0.15, 0.2) is 4.34 Å². The van der Waals surface area contributed by atoms with Gasteiger partial charge in [-0.1, -0.05) is 55.1 Å². The molecule has 0 aliphatic carbocycles. The molecule has 0 N–H and O–H groups in total. The number of rotatable bonds is 11. The van der Waals surface area contributed by atoms with E-state index in [1.54, 1.807) is 11.3 Å². The Morgan fingerprint density at radius 2 is 1.65 bits per heavy atom. The van der Waals surface area contributed by atoms with Crippen molar-refractivity contribution in [2.75, 3.05) is 11.4 Å². The lowest BCUT2D eigenvalue weighted by molar-refractivity contribution is -0.156. The van der Waals surface area contributed by atoms with E-state index >= 15 is 0 Å². The fourth-order valence-electron chi connectivity index (χ4n) is 3.82. The van der Waals surface area contributed by atoms with E-state index < -0.39 is 10.3 Å². The quantitative estimate of drug-likeness (QED) is 0.139. The molecule has 0 atom stereocenters. The smallest absolute Gasteiger partial charge is 0.322 e. The van der Waals surface area contributed by atoms with Crippen molar-refractivity contribution in [3.05, 3.63) is 83.3 Å². The second kappa shape index (κ2) is 12.9. The molecule has 3 aromatic heterocycles. The van der Waals surface area contributed by atoms with Crippen molar-refractivity contribution in [3.8, 4) is 11.3 Å². The predicted molar refractivity (Wildman–Crippen MR) is 164 cm³/mol. The van der Waals surface area contributed by atoms with E-state index in [2.05, 4.69) is 51.4 Å². The second-order valence-corrected chi connectivity index (χ2v) is 13.8. The molecule has 7 nitrogen and oxygen atoms in total. The summed E-state index contributed by atoms with van der Waals surface area (Å²) in [5.74, 6) is 0.438. The lowest BCUT2D eigenvalue weighted by Gasteiger charge is -2.27. The van der Waals surface area contributed by atoms with E-state index in [1.807, 2.05) is 71.4 Å². The molecule has 1 aromatic carbocycles. The lowest BCUT2D eigenvalue weighted by Crippen LogP contribution is -2.36. The number of esters is 1. The van der Waals surface area contributed by atoms with Crippen LogP contribution in [-0.2, 0) is 28.9 Å². The first-order valence-corrected chi connectivity index (χ1v) is 15.1. The van der Waals surface area contributed by atoms with Gasteiger partial charge in [-0.2, -0.15) is 0 Å². The van der Waals surface area contributed by atoms with Crippen LogP contribution < -0.4 is 4.90 Å². The van der Waals surface area contributed by atoms with Gasteiger partial charge in [0.1, 0.15) is 10.3 Å². The van der Waals surface area contributed by atoms with Crippen LogP contribution in [0.1, 0.15) is 58.4 Å². The summed E-state index contributed by atoms with van der Waals surface area (Å²) < 4.78 is 5.72. The van der Waals surface area contributed by atoms with Gasteiger partial charge in [-0.15, -0.1) is 11.3 Å². The van der Waals surface area contributed by atoms with Crippen molar-refractivity contribution in [2.24, 2.45) is 0 Å². The van der Waals surface area contributed by atoms with Gasteiger partial charge in [0.2, 0.25) is 5.95 Å². The Kier molecular flexibility index (Phi) is 9.58. The minimum absolute atomic E-state index is 0.243. The van der Waals surface area contributed by atoms with Gasteiger partial charge in [-0.3, -0.25) is 9.78 Å². The maximum Gasteiger partial charge on any atom is 0.322 e. The molecular formula is C31H37N5O2S2. The van der Waals surface area contributed by atoms with Crippen LogP contribution >= 0.6 is 23.1 Å². The van der Waals surface area contributed by atoms with E-state index in [9.17, 15) is 4.79 Å². The number of thioether (sulfide) groups is 1. The molecule has 0 radical (unpaired) electrons. The van der Waals surface area contributed by atoms with Gasteiger partial charge in [0.25, 0.3) is 0 Å². The van der Waals surface area contributed by atoms with Crippen molar-refractivity contribution in [1.29, 1.82) is 0 Å². The van der Waals surface area contributed by atoms with Gasteiger partial charge in [-0.05, 0) is 58.2 Å². The van der Waals surface area contributed by atoms with Crippen molar-refractivity contribution in [1.82, 2.24) is 19.9 Å². The normalized spacial score (nSPS) is 11.8. The fourth-order valence-corrected chi connectivity index (χ4v) is 6.09. The summed E-state index contributed by atoms with van der Waals surface area (Å²) in [4.78, 5) is 33.7. The summed E-state index contributed by atoms with van der Waals surface area (Å²) in [6.07, 6.45) is 7.32. The number of nitrogens with zero attached hydrogens (tertiary/aromatic N) is 5. The zero-order valence-corrected chi connectivity index (χ0v) is 25.7. The molecule has 4 rings (SSSR count). The first-order chi connectivity index (χ1) is 19.0. The zero-order valence-electron chi connectivity index (χ0n) is 24.0. The topological polar surface area (TPSA) is 81.1 Å². The Morgan fingerprint density at radius 3 is 2.27 bits per heavy atom. The molecule has 0 amide bonds. The van der Waals surface area contributed by atoms with Crippen molar-refractivity contribution in [2.45, 2.75) is 75.6 Å². The summed E-state index contributed by atoms with van der Waals surface area (Å²) >= 11 is 2.99. The summed E-state index contributed by atoms with van der Waals surface area (Å²) in [6, 6.07) is 14.3. The summed E-state index contributed by atoms with van der Waals surface area (Å²) in [5, 5.41) is 2.06. The number of aromatic nitrogens is 4. The molecule has 0 saturated carbocycles. The molecule has 0 unspecified atom stereocenters. The van der Waals surface area contributed by atoms with E-state index in [-0.39, 0.29) is 5.97 Å².